The molecule has 1 atom stereocenters. The van der Waals surface area contributed by atoms with E-state index in [1.54, 1.807) is 5.20 Å². The monoisotopic (exact) mass is 282 g/mol. The molecule has 0 N–H and O–H groups in total. The van der Waals surface area contributed by atoms with E-state index in [0.717, 1.165) is 12.5 Å². The summed E-state index contributed by atoms with van der Waals surface area (Å²) in [6, 6.07) is 10.1. The van der Waals surface area contributed by atoms with Gasteiger partial charge in [0.15, 0.2) is 0 Å². The van der Waals surface area contributed by atoms with Gasteiger partial charge in [-0.3, -0.25) is 0 Å². The van der Waals surface area contributed by atoms with Gasteiger partial charge in [-0.05, 0) is 36.4 Å². The molecule has 0 unspecified atom stereocenters. The first kappa shape index (κ1) is 15.1. The van der Waals surface area contributed by atoms with Crippen LogP contribution in [0.5, 0.6) is 0 Å². The van der Waals surface area contributed by atoms with Gasteiger partial charge < -0.3 is 0 Å². The minimum atomic E-state index is -1.39. The van der Waals surface area contributed by atoms with Crippen molar-refractivity contribution in [3.8, 4) is 0 Å². The fraction of sp³-hybridized carbons (Fsp3) is 0.368. The molecule has 1 aromatic rings. The van der Waals surface area contributed by atoms with Crippen LogP contribution in [-0.4, -0.2) is 8.07 Å². The van der Waals surface area contributed by atoms with E-state index in [0.29, 0.717) is 5.92 Å². The highest BCUT2D eigenvalue weighted by molar-refractivity contribution is 6.95. The van der Waals surface area contributed by atoms with Crippen molar-refractivity contribution in [1.82, 2.24) is 0 Å². The number of benzene rings is 1. The number of unbranched alkanes of at least 4 members (excludes halogenated alkanes) is 1. The molecule has 0 fully saturated rings. The van der Waals surface area contributed by atoms with Crippen LogP contribution in [0.4, 0.5) is 0 Å². The Kier molecular flexibility index (Phi) is 4.82. The van der Waals surface area contributed by atoms with Crippen LogP contribution in [0.2, 0.25) is 19.1 Å². The third kappa shape index (κ3) is 3.04. The summed E-state index contributed by atoms with van der Waals surface area (Å²) in [5.74, 6) is 0.609. The van der Waals surface area contributed by atoms with Gasteiger partial charge in [-0.15, -0.1) is 13.2 Å². The maximum absolute atomic E-state index is 3.95. The second-order valence-corrected chi connectivity index (χ2v) is 11.1. The number of hydrogen-bond acceptors (Lipinski definition) is 0. The molecular weight excluding hydrogens is 256 g/mol. The van der Waals surface area contributed by atoms with Crippen molar-refractivity contribution < 1.29 is 0 Å². The standard InChI is InChI=1S/C19H26Si/c1-5-7-8-11-16-15-19(20(3,4)14-6-2)18-13-10-9-12-17(16)18/h5-6,9-10,12-13,15-16H,1-2,7-8,11,14H2,3-4H3/t16-/m1/s1. The summed E-state index contributed by atoms with van der Waals surface area (Å²) < 4.78 is 0. The number of rotatable bonds is 7. The topological polar surface area (TPSA) is 0 Å². The molecular formula is C19H26Si. The van der Waals surface area contributed by atoms with Crippen LogP contribution < -0.4 is 0 Å². The Morgan fingerprint density at radius 2 is 1.90 bits per heavy atom. The maximum atomic E-state index is 3.95. The van der Waals surface area contributed by atoms with Crippen molar-refractivity contribution in [2.75, 3.05) is 0 Å². The molecule has 0 heterocycles. The zero-order valence-corrected chi connectivity index (χ0v) is 13.9. The predicted octanol–water partition coefficient (Wildman–Crippen LogP) is 5.96. The Hall–Kier alpha value is -1.34. The first-order chi connectivity index (χ1) is 9.60. The number of allylic oxidation sites excluding steroid dienone is 3. The Bertz CT molecular complexity index is 522. The molecule has 106 valence electrons. The molecule has 2 rings (SSSR count). The number of fused-ring (bicyclic) bond motifs is 1. The van der Waals surface area contributed by atoms with Crippen LogP contribution in [0, 0.1) is 0 Å². The van der Waals surface area contributed by atoms with Gasteiger partial charge in [0.1, 0.15) is 0 Å². The molecule has 0 aromatic heterocycles. The minimum Gasteiger partial charge on any atom is -0.103 e. The molecule has 0 saturated carbocycles. The SMILES string of the molecule is C=CCCC[C@@H]1C=C([Si](C)(C)CC=C)c2ccccc21. The largest absolute Gasteiger partial charge is 0.103 e. The summed E-state index contributed by atoms with van der Waals surface area (Å²) in [5, 5.41) is 1.64. The van der Waals surface area contributed by atoms with Crippen LogP contribution in [0.1, 0.15) is 36.3 Å². The second kappa shape index (κ2) is 6.40. The first-order valence-electron chi connectivity index (χ1n) is 7.63. The highest BCUT2D eigenvalue weighted by Gasteiger charge is 2.32. The van der Waals surface area contributed by atoms with Crippen molar-refractivity contribution in [2.24, 2.45) is 0 Å². The summed E-state index contributed by atoms with van der Waals surface area (Å²) in [6.07, 6.45) is 10.3. The fourth-order valence-electron chi connectivity index (χ4n) is 3.23. The molecule has 0 bridgehead atoms. The molecule has 0 nitrogen and oxygen atoms in total. The summed E-state index contributed by atoms with van der Waals surface area (Å²) in [5.41, 5.74) is 3.05. The van der Waals surface area contributed by atoms with E-state index in [1.807, 2.05) is 6.08 Å². The molecule has 0 radical (unpaired) electrons. The van der Waals surface area contributed by atoms with Gasteiger partial charge in [0.05, 0.1) is 8.07 Å². The van der Waals surface area contributed by atoms with Crippen molar-refractivity contribution in [1.29, 1.82) is 0 Å². The van der Waals surface area contributed by atoms with E-state index in [4.69, 9.17) is 0 Å². The van der Waals surface area contributed by atoms with Gasteiger partial charge >= 0.3 is 0 Å². The average molecular weight is 283 g/mol. The van der Waals surface area contributed by atoms with E-state index in [9.17, 15) is 0 Å². The zero-order valence-electron chi connectivity index (χ0n) is 12.9. The van der Waals surface area contributed by atoms with Gasteiger partial charge in [-0.25, -0.2) is 0 Å². The van der Waals surface area contributed by atoms with E-state index in [-0.39, 0.29) is 0 Å². The van der Waals surface area contributed by atoms with Crippen LogP contribution >= 0.6 is 0 Å². The second-order valence-electron chi connectivity index (χ2n) is 6.37. The van der Waals surface area contributed by atoms with Gasteiger partial charge in [0.25, 0.3) is 0 Å². The summed E-state index contributed by atoms with van der Waals surface area (Å²) in [7, 11) is -1.39. The Labute approximate surface area is 124 Å². The maximum Gasteiger partial charge on any atom is 0.0847 e. The molecule has 20 heavy (non-hydrogen) atoms. The lowest BCUT2D eigenvalue weighted by Crippen LogP contribution is -2.26. The summed E-state index contributed by atoms with van der Waals surface area (Å²) >= 11 is 0. The number of hydrogen-bond donors (Lipinski definition) is 0. The Morgan fingerprint density at radius 1 is 1.15 bits per heavy atom. The molecule has 0 aliphatic heterocycles. The summed E-state index contributed by atoms with van der Waals surface area (Å²) in [6.45, 7) is 12.7. The van der Waals surface area contributed by atoms with Gasteiger partial charge in [-0.2, -0.15) is 0 Å². The minimum absolute atomic E-state index is 0.609. The van der Waals surface area contributed by atoms with Gasteiger partial charge in [0, 0.05) is 5.92 Å². The third-order valence-electron chi connectivity index (χ3n) is 4.33. The van der Waals surface area contributed by atoms with Crippen LogP contribution in [0.3, 0.4) is 0 Å². The molecule has 1 aliphatic rings. The summed E-state index contributed by atoms with van der Waals surface area (Å²) in [4.78, 5) is 0. The zero-order chi connectivity index (χ0) is 14.6. The lowest BCUT2D eigenvalue weighted by Gasteiger charge is -2.23. The quantitative estimate of drug-likeness (QED) is 0.329. The lowest BCUT2D eigenvalue weighted by molar-refractivity contribution is 0.692. The first-order valence-corrected chi connectivity index (χ1v) is 10.8. The van der Waals surface area contributed by atoms with Crippen molar-refractivity contribution in [3.05, 3.63) is 66.8 Å². The smallest absolute Gasteiger partial charge is 0.0847 e. The van der Waals surface area contributed by atoms with Crippen LogP contribution in [0.15, 0.2) is 55.7 Å². The lowest BCUT2D eigenvalue weighted by atomic mass is 9.95. The van der Waals surface area contributed by atoms with Gasteiger partial charge in [0.2, 0.25) is 0 Å². The van der Waals surface area contributed by atoms with Crippen molar-refractivity contribution in [2.45, 2.75) is 44.3 Å². The average Bonchev–Trinajstić information content (AvgIpc) is 2.79. The highest BCUT2D eigenvalue weighted by atomic mass is 28.3. The highest BCUT2D eigenvalue weighted by Crippen LogP contribution is 2.43. The molecule has 1 heteroatoms. The third-order valence-corrected chi connectivity index (χ3v) is 7.53. The Balaban J connectivity index is 2.30. The van der Waals surface area contributed by atoms with E-state index < -0.39 is 8.07 Å². The fourth-order valence-corrected chi connectivity index (χ4v) is 5.78. The van der Waals surface area contributed by atoms with Crippen LogP contribution in [-0.2, 0) is 0 Å². The normalized spacial score (nSPS) is 17.5. The van der Waals surface area contributed by atoms with E-state index >= 15 is 0 Å². The molecule has 0 saturated heterocycles. The van der Waals surface area contributed by atoms with Crippen molar-refractivity contribution >= 4 is 13.3 Å². The van der Waals surface area contributed by atoms with Crippen molar-refractivity contribution in [3.63, 3.8) is 0 Å². The Morgan fingerprint density at radius 3 is 2.60 bits per heavy atom. The van der Waals surface area contributed by atoms with E-state index in [2.05, 4.69) is 62.7 Å². The molecule has 1 aliphatic carbocycles. The molecule has 0 amide bonds. The predicted molar refractivity (Wildman–Crippen MR) is 93.7 cm³/mol. The van der Waals surface area contributed by atoms with Gasteiger partial charge in [-0.1, -0.05) is 60.8 Å². The van der Waals surface area contributed by atoms with Crippen LogP contribution in [0.25, 0.3) is 5.20 Å². The molecule has 0 spiro atoms. The molecule has 1 aromatic carbocycles. The van der Waals surface area contributed by atoms with E-state index in [1.165, 1.54) is 24.0 Å².